The van der Waals surface area contributed by atoms with E-state index in [0.717, 1.165) is 59.8 Å². The number of hydrogen-bond acceptors (Lipinski definition) is 28. The summed E-state index contributed by atoms with van der Waals surface area (Å²) in [6.45, 7) is 12.2. The van der Waals surface area contributed by atoms with Gasteiger partial charge in [-0.25, -0.2) is 40.1 Å². The van der Waals surface area contributed by atoms with Crippen LogP contribution in [0.3, 0.4) is 0 Å². The van der Waals surface area contributed by atoms with E-state index in [1.807, 2.05) is 25.1 Å². The van der Waals surface area contributed by atoms with Crippen molar-refractivity contribution in [2.45, 2.75) is 26.2 Å². The molecule has 0 N–H and O–H groups in total. The standard InChI is InChI=1S/C14H13F2N2.C12H10F2N3.C9H4F2N3.4C8H6F2N4.C8H3F2N4.4Pt/c1-14(2,3)9-6-7-17-11(8-9)10-4-5-12(15)18-13(10)16;1-17(2)8-5-6-15-10(7-8)9-3-4-11(13)16-12(9)14;10-7-3-2-6(8(11)14-7)9-12-4-1-5-13-9;4*1-13-4-11-14(5-13)6-2-3-7(9)12-8(6)10;9-6-2-1-5(7(10)14-6)8-12-3-11-4-13-8;;;;/h5-8H,1-3H3;4-7H,1-2H3;1,3-5H;4*3-5H,1H3;2-4H;;;;/q3*-1;4*-2;-1;;;;. The van der Waals surface area contributed by atoms with Crippen LogP contribution in [0.2, 0.25) is 0 Å². The molecule has 0 fully saturated rings. The fourth-order valence-corrected chi connectivity index (χ4v) is 8.88. The molecule has 0 aromatic carbocycles. The predicted octanol–water partition coefficient (Wildman–Crippen LogP) is 12.3. The van der Waals surface area contributed by atoms with Crippen molar-refractivity contribution in [3.63, 3.8) is 0 Å². The Balaban J connectivity index is 0.000000249. The normalized spacial score (nSPS) is 12.4. The topological polar surface area (TPSA) is 272 Å². The first-order valence-corrected chi connectivity index (χ1v) is 33.2. The number of anilines is 5. The fraction of sp³-hybridized carbons (Fsp3) is 0.133. The summed E-state index contributed by atoms with van der Waals surface area (Å²) in [5.41, 5.74) is 2.61. The summed E-state index contributed by atoms with van der Waals surface area (Å²) in [6.07, 6.45) is 14.4. The zero-order valence-corrected chi connectivity index (χ0v) is 73.0. The molecule has 16 rings (SSSR count). The van der Waals surface area contributed by atoms with Gasteiger partial charge in [-0.15, -0.1) is 75.2 Å². The molecule has 28 nitrogen and oxygen atoms in total. The molecule has 0 saturated heterocycles. The number of hydrogen-bond donors (Lipinski definition) is 0. The zero-order chi connectivity index (χ0) is 86.2. The average molecular weight is 2430 g/mol. The molecule has 0 saturated carbocycles. The van der Waals surface area contributed by atoms with Gasteiger partial charge in [-0.1, -0.05) is 79.4 Å². The van der Waals surface area contributed by atoms with Crippen molar-refractivity contribution in [3.05, 3.63) is 292 Å². The van der Waals surface area contributed by atoms with Crippen LogP contribution < -0.4 is 24.9 Å². The Morgan fingerprint density at radius 1 is 0.325 bits per heavy atom. The van der Waals surface area contributed by atoms with E-state index >= 15 is 0 Å². The van der Waals surface area contributed by atoms with Crippen molar-refractivity contribution in [2.75, 3.05) is 67.2 Å². The van der Waals surface area contributed by atoms with E-state index < -0.39 is 95.2 Å². The van der Waals surface area contributed by atoms with Gasteiger partial charge in [0.05, 0.1) is 60.8 Å². The number of nitrogens with zero attached hydrogens (tertiary/aromatic N) is 28. The Labute approximate surface area is 748 Å². The van der Waals surface area contributed by atoms with Gasteiger partial charge in [-0.3, -0.25) is 75.0 Å². The third kappa shape index (κ3) is 30.3. The molecule has 0 amide bonds. The first-order valence-electron chi connectivity index (χ1n) is 33.2. The van der Waals surface area contributed by atoms with Gasteiger partial charge in [0, 0.05) is 129 Å². The molecule has 16 heterocycles. The molecule has 12 aromatic rings. The van der Waals surface area contributed by atoms with Gasteiger partial charge in [0.15, 0.2) is 0 Å². The van der Waals surface area contributed by atoms with Crippen LogP contribution in [-0.4, -0.2) is 162 Å². The maximum atomic E-state index is 13.5. The van der Waals surface area contributed by atoms with E-state index in [9.17, 15) is 70.2 Å². The summed E-state index contributed by atoms with van der Waals surface area (Å²) in [6, 6.07) is 35.8. The van der Waals surface area contributed by atoms with Crippen LogP contribution in [0.15, 0.2) is 137 Å². The van der Waals surface area contributed by atoms with Crippen LogP contribution in [0.5, 0.6) is 0 Å². The molecular weight excluding hydrogens is 2380 g/mol. The molecule has 0 aliphatic carbocycles. The molecular formula is C75H54F16N28Pt4-12. The third-order valence-corrected chi connectivity index (χ3v) is 14.3. The predicted molar refractivity (Wildman–Crippen MR) is 395 cm³/mol. The van der Waals surface area contributed by atoms with Crippen LogP contribution in [0.25, 0.3) is 45.3 Å². The smallest absolute Gasteiger partial charge is 0.130 e. The van der Waals surface area contributed by atoms with Crippen LogP contribution in [0.1, 0.15) is 26.3 Å². The summed E-state index contributed by atoms with van der Waals surface area (Å²) >= 11 is 0. The van der Waals surface area contributed by atoms with Gasteiger partial charge in [0.25, 0.3) is 0 Å². The summed E-state index contributed by atoms with van der Waals surface area (Å²) in [4.78, 5) is 59.3. The quantitative estimate of drug-likeness (QED) is 0.0738. The van der Waals surface area contributed by atoms with Crippen molar-refractivity contribution in [1.82, 2.24) is 94.4 Å². The minimum absolute atomic E-state index is 0. The Morgan fingerprint density at radius 3 is 0.862 bits per heavy atom. The molecule has 0 unspecified atom stereocenters. The molecule has 123 heavy (non-hydrogen) atoms. The van der Waals surface area contributed by atoms with Gasteiger partial charge < -0.3 is 74.4 Å². The van der Waals surface area contributed by atoms with E-state index in [1.165, 1.54) is 97.1 Å². The van der Waals surface area contributed by atoms with Crippen LogP contribution in [0, 0.1) is 170 Å². The fourth-order valence-electron chi connectivity index (χ4n) is 8.88. The van der Waals surface area contributed by atoms with E-state index in [0.29, 0.717) is 11.4 Å². The van der Waals surface area contributed by atoms with E-state index in [1.54, 1.807) is 84.4 Å². The summed E-state index contributed by atoms with van der Waals surface area (Å²) in [5, 5.41) is 20.2. The van der Waals surface area contributed by atoms with Gasteiger partial charge in [0.2, 0.25) is 0 Å². The largest absolute Gasteiger partial charge is 0.493 e. The van der Waals surface area contributed by atoms with Crippen molar-refractivity contribution in [1.29, 1.82) is 0 Å². The van der Waals surface area contributed by atoms with Gasteiger partial charge in [0.1, 0.15) is 84.0 Å². The first kappa shape index (κ1) is 102. The minimum Gasteiger partial charge on any atom is -0.493 e. The van der Waals surface area contributed by atoms with Crippen LogP contribution in [0.4, 0.5) is 98.7 Å². The summed E-state index contributed by atoms with van der Waals surface area (Å²) in [7, 11) is 10.7. The molecule has 12 aromatic heterocycles. The number of hydrazone groups is 4. The Bertz CT molecular complexity index is 5180. The maximum absolute atomic E-state index is 13.5. The second-order valence-corrected chi connectivity index (χ2v) is 24.4. The number of halogens is 16. The summed E-state index contributed by atoms with van der Waals surface area (Å²) < 4.78 is 206. The number of rotatable bonds is 9. The van der Waals surface area contributed by atoms with E-state index in [2.05, 4.69) is 164 Å². The van der Waals surface area contributed by atoms with Crippen molar-refractivity contribution < 1.29 is 155 Å². The van der Waals surface area contributed by atoms with Crippen LogP contribution in [-0.2, 0) is 89.7 Å². The molecule has 0 bridgehead atoms. The maximum Gasteiger partial charge on any atom is 0.130 e. The first-order chi connectivity index (χ1) is 56.7. The van der Waals surface area contributed by atoms with Gasteiger partial charge in [-0.05, 0) is 91.5 Å². The summed E-state index contributed by atoms with van der Waals surface area (Å²) in [5.74, 6) is -14.5. The molecule has 658 valence electrons. The molecule has 4 aliphatic heterocycles. The molecule has 4 aliphatic rings. The van der Waals surface area contributed by atoms with Gasteiger partial charge in [-0.2, -0.15) is 44.7 Å². The Morgan fingerprint density at radius 2 is 0.593 bits per heavy atom. The van der Waals surface area contributed by atoms with Gasteiger partial charge >= 0.3 is 0 Å². The Hall–Kier alpha value is -11.9. The monoisotopic (exact) mass is 2430 g/mol. The van der Waals surface area contributed by atoms with Crippen molar-refractivity contribution in [2.24, 2.45) is 20.4 Å². The third-order valence-electron chi connectivity index (χ3n) is 14.3. The SMILES string of the molecule is CC(C)(C)c1ccnc(-c2[c-]cc(F)nc2F)c1.CN(C)c1ccnc(-c2[c-]cc(F)nc2F)c1.CN1C=NN(c2[c-]cc(F)nc2F)[CH-]1.CN1C=NN(c2[c-]cc(F)nc2F)[CH-]1.CN1C=NN(c2[c-]cc(F)nc2F)[CH-]1.CN1C=NN(c2[c-]cc(F)nc2F)[CH-]1.Fc1c[c-]c(-c2ncccn2)c(F)n1.Fc1c[c-]c(-c2ncncn2)c(F)n1.[Pt].[Pt].[Pt].[Pt]. The van der Waals surface area contributed by atoms with Crippen LogP contribution >= 0.6 is 0 Å². The second kappa shape index (κ2) is 48.1. The number of aromatic nitrogens is 15. The molecule has 0 radical (unpaired) electrons. The zero-order valence-electron chi connectivity index (χ0n) is 63.9. The molecule has 48 heteroatoms. The average Bonchev–Trinajstić information content (AvgIpc) is 1.81. The second-order valence-electron chi connectivity index (χ2n) is 24.4. The molecule has 0 atom stereocenters. The minimum atomic E-state index is -0.990. The Kier molecular flexibility index (Phi) is 39.7. The molecule has 0 spiro atoms. The van der Waals surface area contributed by atoms with E-state index in [4.69, 9.17) is 0 Å². The van der Waals surface area contributed by atoms with Crippen molar-refractivity contribution >= 4 is 53.8 Å². The number of pyridine rings is 10. The van der Waals surface area contributed by atoms with Crippen molar-refractivity contribution in [3.8, 4) is 45.3 Å². The van der Waals surface area contributed by atoms with E-state index in [-0.39, 0.29) is 146 Å².